The minimum atomic E-state index is -0.487. The van der Waals surface area contributed by atoms with Gasteiger partial charge in [-0.25, -0.2) is 4.39 Å². The van der Waals surface area contributed by atoms with Crippen molar-refractivity contribution < 1.29 is 9.18 Å². The van der Waals surface area contributed by atoms with Crippen molar-refractivity contribution in [1.29, 1.82) is 0 Å². The van der Waals surface area contributed by atoms with Crippen LogP contribution in [0.1, 0.15) is 29.3 Å². The van der Waals surface area contributed by atoms with Gasteiger partial charge < -0.3 is 11.1 Å². The number of carbonyl (C=O) groups is 1. The van der Waals surface area contributed by atoms with Gasteiger partial charge in [0.15, 0.2) is 0 Å². The zero-order valence-corrected chi connectivity index (χ0v) is 8.93. The highest BCUT2D eigenvalue weighted by molar-refractivity contribution is 5.96. The van der Waals surface area contributed by atoms with Crippen molar-refractivity contribution in [2.24, 2.45) is 0 Å². The van der Waals surface area contributed by atoms with Gasteiger partial charge in [-0.3, -0.25) is 4.79 Å². The average molecular weight is 210 g/mol. The molecule has 0 heterocycles. The van der Waals surface area contributed by atoms with Crippen LogP contribution in [0.25, 0.3) is 0 Å². The maximum Gasteiger partial charge on any atom is 0.251 e. The van der Waals surface area contributed by atoms with Gasteiger partial charge >= 0.3 is 0 Å². The fraction of sp³-hybridized carbons (Fsp3) is 0.364. The molecule has 4 heteroatoms. The van der Waals surface area contributed by atoms with Crippen LogP contribution in [0.5, 0.6) is 0 Å². The number of amides is 1. The Morgan fingerprint density at radius 2 is 2.20 bits per heavy atom. The Morgan fingerprint density at radius 1 is 1.53 bits per heavy atom. The lowest BCUT2D eigenvalue weighted by Crippen LogP contribution is -2.25. The Morgan fingerprint density at radius 3 is 2.80 bits per heavy atom. The first-order valence-electron chi connectivity index (χ1n) is 4.90. The number of anilines is 1. The van der Waals surface area contributed by atoms with Crippen molar-refractivity contribution in [3.8, 4) is 0 Å². The third-order valence-corrected chi connectivity index (χ3v) is 2.12. The van der Waals surface area contributed by atoms with E-state index in [1.54, 1.807) is 6.92 Å². The van der Waals surface area contributed by atoms with Gasteiger partial charge in [0.1, 0.15) is 5.82 Å². The molecule has 0 saturated heterocycles. The molecule has 0 bridgehead atoms. The molecule has 0 atom stereocenters. The SMILES string of the molecule is CCCNC(=O)c1cc(N)c(F)cc1C. The van der Waals surface area contributed by atoms with Crippen LogP contribution in [0.3, 0.4) is 0 Å². The van der Waals surface area contributed by atoms with Gasteiger partial charge in [-0.2, -0.15) is 0 Å². The monoisotopic (exact) mass is 210 g/mol. The third kappa shape index (κ3) is 2.68. The lowest BCUT2D eigenvalue weighted by atomic mass is 10.1. The van der Waals surface area contributed by atoms with Crippen LogP contribution in [0.15, 0.2) is 12.1 Å². The average Bonchev–Trinajstić information content (AvgIpc) is 2.20. The largest absolute Gasteiger partial charge is 0.396 e. The molecular formula is C11H15FN2O. The van der Waals surface area contributed by atoms with E-state index in [2.05, 4.69) is 5.32 Å². The summed E-state index contributed by atoms with van der Waals surface area (Å²) in [6.45, 7) is 4.26. The molecule has 0 fully saturated rings. The number of hydrogen-bond donors (Lipinski definition) is 2. The molecule has 15 heavy (non-hydrogen) atoms. The molecule has 1 aromatic carbocycles. The Balaban J connectivity index is 2.94. The number of benzene rings is 1. The van der Waals surface area contributed by atoms with E-state index in [0.717, 1.165) is 6.42 Å². The number of nitrogen functional groups attached to an aromatic ring is 1. The maximum atomic E-state index is 13.0. The summed E-state index contributed by atoms with van der Waals surface area (Å²) in [5.74, 6) is -0.694. The van der Waals surface area contributed by atoms with E-state index in [1.165, 1.54) is 12.1 Å². The van der Waals surface area contributed by atoms with Gasteiger partial charge in [-0.1, -0.05) is 6.92 Å². The van der Waals surface area contributed by atoms with Crippen LogP contribution in [-0.4, -0.2) is 12.5 Å². The summed E-state index contributed by atoms with van der Waals surface area (Å²) in [6.07, 6.45) is 0.863. The molecule has 0 radical (unpaired) electrons. The zero-order chi connectivity index (χ0) is 11.4. The van der Waals surface area contributed by atoms with Gasteiger partial charge in [0.2, 0.25) is 0 Å². The summed E-state index contributed by atoms with van der Waals surface area (Å²) in [5.41, 5.74) is 6.43. The molecule has 0 aliphatic rings. The van der Waals surface area contributed by atoms with Gasteiger partial charge in [0.25, 0.3) is 5.91 Å². The molecule has 0 aliphatic heterocycles. The normalized spacial score (nSPS) is 10.1. The second-order valence-corrected chi connectivity index (χ2v) is 3.44. The van der Waals surface area contributed by atoms with Gasteiger partial charge in [-0.05, 0) is 31.0 Å². The van der Waals surface area contributed by atoms with E-state index >= 15 is 0 Å². The highest BCUT2D eigenvalue weighted by Crippen LogP contribution is 2.16. The number of nitrogens with two attached hydrogens (primary N) is 1. The Hall–Kier alpha value is -1.58. The Labute approximate surface area is 88.5 Å². The van der Waals surface area contributed by atoms with E-state index in [0.29, 0.717) is 17.7 Å². The quantitative estimate of drug-likeness (QED) is 0.748. The smallest absolute Gasteiger partial charge is 0.251 e. The Bertz CT molecular complexity index is 377. The number of aryl methyl sites for hydroxylation is 1. The highest BCUT2D eigenvalue weighted by atomic mass is 19.1. The maximum absolute atomic E-state index is 13.0. The van der Waals surface area contributed by atoms with Gasteiger partial charge in [0.05, 0.1) is 5.69 Å². The molecule has 3 N–H and O–H groups in total. The second kappa shape index (κ2) is 4.77. The molecule has 0 saturated carbocycles. The zero-order valence-electron chi connectivity index (χ0n) is 8.93. The summed E-state index contributed by atoms with van der Waals surface area (Å²) in [7, 11) is 0. The molecule has 0 aliphatic carbocycles. The molecule has 1 aromatic rings. The standard InChI is InChI=1S/C11H15FN2O/c1-3-4-14-11(15)8-6-10(13)9(12)5-7(8)2/h5-6H,3-4,13H2,1-2H3,(H,14,15). The molecular weight excluding hydrogens is 195 g/mol. The number of halogens is 1. The van der Waals surface area contributed by atoms with Crippen molar-refractivity contribution in [3.05, 3.63) is 29.1 Å². The first kappa shape index (κ1) is 11.5. The third-order valence-electron chi connectivity index (χ3n) is 2.12. The van der Waals surface area contributed by atoms with Crippen LogP contribution < -0.4 is 11.1 Å². The minimum absolute atomic E-state index is 0.00208. The number of rotatable bonds is 3. The van der Waals surface area contributed by atoms with E-state index in [-0.39, 0.29) is 11.6 Å². The van der Waals surface area contributed by atoms with Gasteiger partial charge in [-0.15, -0.1) is 0 Å². The molecule has 0 aromatic heterocycles. The fourth-order valence-corrected chi connectivity index (χ4v) is 1.27. The summed E-state index contributed by atoms with van der Waals surface area (Å²) in [5, 5.41) is 2.72. The van der Waals surface area contributed by atoms with E-state index in [1.807, 2.05) is 6.92 Å². The van der Waals surface area contributed by atoms with Crippen molar-refractivity contribution in [3.63, 3.8) is 0 Å². The minimum Gasteiger partial charge on any atom is -0.396 e. The van der Waals surface area contributed by atoms with Crippen LogP contribution >= 0.6 is 0 Å². The molecule has 1 rings (SSSR count). The first-order chi connectivity index (χ1) is 7.06. The molecule has 82 valence electrons. The van der Waals surface area contributed by atoms with E-state index in [9.17, 15) is 9.18 Å². The fourth-order valence-electron chi connectivity index (χ4n) is 1.27. The predicted octanol–water partition coefficient (Wildman–Crippen LogP) is 1.86. The van der Waals surface area contributed by atoms with Gasteiger partial charge in [0, 0.05) is 12.1 Å². The summed E-state index contributed by atoms with van der Waals surface area (Å²) >= 11 is 0. The molecule has 0 spiro atoms. The van der Waals surface area contributed by atoms with Crippen LogP contribution in [0.2, 0.25) is 0 Å². The van der Waals surface area contributed by atoms with Crippen LogP contribution in [0, 0.1) is 12.7 Å². The van der Waals surface area contributed by atoms with E-state index < -0.39 is 5.82 Å². The second-order valence-electron chi connectivity index (χ2n) is 3.44. The molecule has 1 amide bonds. The predicted molar refractivity (Wildman–Crippen MR) is 58.2 cm³/mol. The Kier molecular flexibility index (Phi) is 3.66. The molecule has 3 nitrogen and oxygen atoms in total. The number of nitrogens with one attached hydrogen (secondary N) is 1. The van der Waals surface area contributed by atoms with Crippen molar-refractivity contribution in [1.82, 2.24) is 5.32 Å². The highest BCUT2D eigenvalue weighted by Gasteiger charge is 2.11. The van der Waals surface area contributed by atoms with E-state index in [4.69, 9.17) is 5.73 Å². The van der Waals surface area contributed by atoms with Crippen LogP contribution in [0.4, 0.5) is 10.1 Å². The molecule has 0 unspecified atom stereocenters. The number of carbonyl (C=O) groups excluding carboxylic acids is 1. The summed E-state index contributed by atoms with van der Waals surface area (Å²) < 4.78 is 13.0. The lowest BCUT2D eigenvalue weighted by molar-refractivity contribution is 0.0953. The van der Waals surface area contributed by atoms with Crippen molar-refractivity contribution in [2.45, 2.75) is 20.3 Å². The first-order valence-corrected chi connectivity index (χ1v) is 4.90. The van der Waals surface area contributed by atoms with Crippen molar-refractivity contribution >= 4 is 11.6 Å². The van der Waals surface area contributed by atoms with Crippen molar-refractivity contribution in [2.75, 3.05) is 12.3 Å². The summed E-state index contributed by atoms with van der Waals surface area (Å²) in [6, 6.07) is 2.64. The van der Waals surface area contributed by atoms with Crippen LogP contribution in [-0.2, 0) is 0 Å². The number of hydrogen-bond acceptors (Lipinski definition) is 2. The topological polar surface area (TPSA) is 55.1 Å². The summed E-state index contributed by atoms with van der Waals surface area (Å²) in [4.78, 5) is 11.6. The lowest BCUT2D eigenvalue weighted by Gasteiger charge is -2.08.